The summed E-state index contributed by atoms with van der Waals surface area (Å²) < 4.78 is 45.3. The van der Waals surface area contributed by atoms with E-state index in [1.807, 2.05) is 0 Å². The number of hydrogen-bond acceptors (Lipinski definition) is 16. The predicted octanol–water partition coefficient (Wildman–Crippen LogP) is 6.67. The summed E-state index contributed by atoms with van der Waals surface area (Å²) in [6.45, 7) is 16.2. The van der Waals surface area contributed by atoms with Crippen LogP contribution in [0, 0.1) is 11.8 Å². The van der Waals surface area contributed by atoms with Crippen LogP contribution in [-0.2, 0) is 42.3 Å². The monoisotopic (exact) mass is 858 g/mol. The first-order chi connectivity index (χ1) is 25.8. The Morgan fingerprint density at radius 1 is 0.709 bits per heavy atom. The van der Waals surface area contributed by atoms with E-state index in [9.17, 15) is 9.59 Å². The van der Waals surface area contributed by atoms with E-state index < -0.39 is 10.4 Å². The summed E-state index contributed by atoms with van der Waals surface area (Å²) in [4.78, 5) is 41.8. The molecule has 2 aliphatic rings. The van der Waals surface area contributed by atoms with Gasteiger partial charge in [-0.05, 0) is 51.9 Å². The number of aromatic nitrogens is 4. The lowest BCUT2D eigenvalue weighted by atomic mass is 9.94. The SMILES string of the molecule is CC(C)(C)c1cnc(CSc2cnc(NC(=O)C3CCNCC3)s2)o1.CC(C)(C)c1cnc(CSc2cnc(NC(=O)C3CCNCC3)s2)o1.O=S(=O)(O)O. The number of thioether (sulfide) groups is 2. The predicted molar refractivity (Wildman–Crippen MR) is 216 cm³/mol. The molecule has 4 aromatic rings. The number of oxazole rings is 2. The first kappa shape index (κ1) is 44.8. The first-order valence-corrected chi connectivity index (χ1v) is 22.6. The number of amides is 2. The molecule has 0 bridgehead atoms. The number of nitrogens with one attached hydrogen (secondary N) is 4. The number of hydrogen-bond donors (Lipinski definition) is 6. The second-order valence-electron chi connectivity index (χ2n) is 14.8. The number of piperidine rings is 2. The number of carbonyl (C=O) groups excluding carboxylic acids is 2. The third-order valence-electron chi connectivity index (χ3n) is 8.11. The highest BCUT2D eigenvalue weighted by Crippen LogP contribution is 2.34. The summed E-state index contributed by atoms with van der Waals surface area (Å²) in [7, 11) is -4.67. The molecule has 2 fully saturated rings. The lowest BCUT2D eigenvalue weighted by Gasteiger charge is -2.20. The molecule has 2 aliphatic heterocycles. The van der Waals surface area contributed by atoms with Crippen LogP contribution in [0.25, 0.3) is 0 Å². The molecule has 304 valence electrons. The summed E-state index contributed by atoms with van der Waals surface area (Å²) in [6.07, 6.45) is 10.7. The molecule has 4 aromatic heterocycles. The normalized spacial score (nSPS) is 15.7. The van der Waals surface area contributed by atoms with Gasteiger partial charge in [0.2, 0.25) is 23.6 Å². The summed E-state index contributed by atoms with van der Waals surface area (Å²) in [5.41, 5.74) is -0.0704. The van der Waals surface area contributed by atoms with Gasteiger partial charge in [0.05, 0.1) is 44.7 Å². The molecule has 21 heteroatoms. The first-order valence-electron chi connectivity index (χ1n) is 17.6. The van der Waals surface area contributed by atoms with Crippen molar-refractivity contribution >= 4 is 78.7 Å². The average Bonchev–Trinajstić information content (AvgIpc) is 3.94. The highest BCUT2D eigenvalue weighted by atomic mass is 32.3. The Labute approximate surface area is 338 Å². The number of anilines is 2. The van der Waals surface area contributed by atoms with Crippen LogP contribution in [-0.4, -0.2) is 75.5 Å². The van der Waals surface area contributed by atoms with Gasteiger partial charge < -0.3 is 30.1 Å². The number of thiazole rings is 2. The fourth-order valence-electron chi connectivity index (χ4n) is 5.06. The zero-order valence-electron chi connectivity index (χ0n) is 31.7. The van der Waals surface area contributed by atoms with Gasteiger partial charge in [-0.3, -0.25) is 18.7 Å². The van der Waals surface area contributed by atoms with Crippen molar-refractivity contribution in [2.75, 3.05) is 36.8 Å². The minimum absolute atomic E-state index is 0.0352. The van der Waals surface area contributed by atoms with Crippen LogP contribution >= 0.6 is 46.2 Å². The Hall–Kier alpha value is -2.89. The molecule has 0 atom stereocenters. The van der Waals surface area contributed by atoms with Gasteiger partial charge in [0, 0.05) is 22.7 Å². The zero-order valence-corrected chi connectivity index (χ0v) is 35.8. The second-order valence-corrected chi connectivity index (χ2v) is 20.3. The van der Waals surface area contributed by atoms with Gasteiger partial charge in [0.15, 0.2) is 10.3 Å². The summed E-state index contributed by atoms with van der Waals surface area (Å²) in [5, 5.41) is 13.7. The molecule has 6 N–H and O–H groups in total. The molecule has 0 saturated carbocycles. The van der Waals surface area contributed by atoms with Crippen LogP contribution in [0.3, 0.4) is 0 Å². The number of carbonyl (C=O) groups is 2. The molecule has 0 radical (unpaired) electrons. The Bertz CT molecular complexity index is 1790. The molecular formula is C34H50N8O8S5. The lowest BCUT2D eigenvalue weighted by Crippen LogP contribution is -2.34. The largest absolute Gasteiger partial charge is 0.444 e. The fraction of sp³-hybridized carbons (Fsp3) is 0.588. The lowest BCUT2D eigenvalue weighted by molar-refractivity contribution is -0.121. The minimum atomic E-state index is -4.67. The molecule has 0 aromatic carbocycles. The zero-order chi connectivity index (χ0) is 40.2. The van der Waals surface area contributed by atoms with E-state index in [1.54, 1.807) is 48.3 Å². The van der Waals surface area contributed by atoms with Crippen LogP contribution in [0.5, 0.6) is 0 Å². The van der Waals surface area contributed by atoms with E-state index in [1.165, 1.54) is 22.7 Å². The van der Waals surface area contributed by atoms with Gasteiger partial charge in [-0.1, -0.05) is 64.2 Å². The van der Waals surface area contributed by atoms with Crippen LogP contribution < -0.4 is 21.3 Å². The van der Waals surface area contributed by atoms with Gasteiger partial charge in [0.1, 0.15) is 11.5 Å². The minimum Gasteiger partial charge on any atom is -0.444 e. The maximum atomic E-state index is 12.2. The van der Waals surface area contributed by atoms with Crippen molar-refractivity contribution in [3.8, 4) is 0 Å². The van der Waals surface area contributed by atoms with Gasteiger partial charge in [0.25, 0.3) is 0 Å². The van der Waals surface area contributed by atoms with Crippen molar-refractivity contribution < 1.29 is 35.9 Å². The van der Waals surface area contributed by atoms with Crippen molar-refractivity contribution in [2.24, 2.45) is 11.8 Å². The topological polar surface area (TPSA) is 235 Å². The van der Waals surface area contributed by atoms with Gasteiger partial charge >= 0.3 is 10.4 Å². The average molecular weight is 859 g/mol. The molecule has 0 aliphatic carbocycles. The van der Waals surface area contributed by atoms with E-state index in [0.29, 0.717) is 33.6 Å². The molecule has 2 amide bonds. The van der Waals surface area contributed by atoms with E-state index in [2.05, 4.69) is 82.7 Å². The van der Waals surface area contributed by atoms with E-state index in [4.69, 9.17) is 26.4 Å². The molecular weight excluding hydrogens is 809 g/mol. The Morgan fingerprint density at radius 3 is 1.36 bits per heavy atom. The second kappa shape index (κ2) is 20.5. The van der Waals surface area contributed by atoms with Gasteiger partial charge in [-0.15, -0.1) is 23.5 Å². The molecule has 2 saturated heterocycles. The number of rotatable bonds is 10. The Balaban J connectivity index is 0.000000218. The molecule has 6 rings (SSSR count). The highest BCUT2D eigenvalue weighted by Gasteiger charge is 2.24. The molecule has 55 heavy (non-hydrogen) atoms. The smallest absolute Gasteiger partial charge is 0.394 e. The number of nitrogens with zero attached hydrogens (tertiary/aromatic N) is 4. The van der Waals surface area contributed by atoms with Crippen molar-refractivity contribution in [1.29, 1.82) is 0 Å². The fourth-order valence-corrected chi connectivity index (χ4v) is 8.52. The van der Waals surface area contributed by atoms with Crippen molar-refractivity contribution in [3.05, 3.63) is 48.1 Å². The van der Waals surface area contributed by atoms with Crippen molar-refractivity contribution in [1.82, 2.24) is 30.6 Å². The summed E-state index contributed by atoms with van der Waals surface area (Å²) in [5.74, 6) is 4.84. The molecule has 6 heterocycles. The standard InChI is InChI=1S/2C17H24N4O2S2.H2O4S/c2*1-17(2,3)12-8-19-13(23-12)10-24-14-9-20-16(25-14)21-15(22)11-4-6-18-7-5-11;1-5(2,3)4/h2*8-9,11,18H,4-7,10H2,1-3H3,(H,20,21,22);(H2,1,2,3,4). The van der Waals surface area contributed by atoms with Crippen LogP contribution in [0.4, 0.5) is 10.3 Å². The van der Waals surface area contributed by atoms with Crippen LogP contribution in [0.1, 0.15) is 90.5 Å². The maximum Gasteiger partial charge on any atom is 0.394 e. The third kappa shape index (κ3) is 16.2. The summed E-state index contributed by atoms with van der Waals surface area (Å²) >= 11 is 6.22. The van der Waals surface area contributed by atoms with E-state index in [-0.39, 0.29) is 34.5 Å². The third-order valence-corrected chi connectivity index (χ3v) is 12.3. The van der Waals surface area contributed by atoms with Crippen LogP contribution in [0.2, 0.25) is 0 Å². The van der Waals surface area contributed by atoms with Crippen molar-refractivity contribution in [2.45, 2.75) is 98.0 Å². The maximum absolute atomic E-state index is 12.2. The Kier molecular flexibility index (Phi) is 16.7. The summed E-state index contributed by atoms with van der Waals surface area (Å²) in [6, 6.07) is 0. The molecule has 0 unspecified atom stereocenters. The van der Waals surface area contributed by atoms with Crippen molar-refractivity contribution in [3.63, 3.8) is 0 Å². The quantitative estimate of drug-likeness (QED) is 0.0722. The van der Waals surface area contributed by atoms with E-state index in [0.717, 1.165) is 71.8 Å². The Morgan fingerprint density at radius 2 is 1.05 bits per heavy atom. The van der Waals surface area contributed by atoms with Gasteiger partial charge in [-0.2, -0.15) is 8.42 Å². The van der Waals surface area contributed by atoms with E-state index >= 15 is 0 Å². The molecule has 16 nitrogen and oxygen atoms in total. The van der Waals surface area contributed by atoms with Gasteiger partial charge in [-0.25, -0.2) is 19.9 Å². The van der Waals surface area contributed by atoms with Crippen LogP contribution in [0.15, 0.2) is 42.0 Å². The molecule has 0 spiro atoms. The highest BCUT2D eigenvalue weighted by molar-refractivity contribution is 8.00.